The second-order valence-corrected chi connectivity index (χ2v) is 4.34. The predicted molar refractivity (Wildman–Crippen MR) is 68.1 cm³/mol. The lowest BCUT2D eigenvalue weighted by Crippen LogP contribution is -1.97. The van der Waals surface area contributed by atoms with Gasteiger partial charge in [0.25, 0.3) is 0 Å². The SMILES string of the molecule is CCn1cc(C(O)c2cc3cccc(F)c3o2)cn1. The maximum absolute atomic E-state index is 13.5. The number of aliphatic hydroxyl groups excluding tert-OH is 1. The number of nitrogens with zero attached hydrogens (tertiary/aromatic N) is 2. The van der Waals surface area contributed by atoms with Gasteiger partial charge in [-0.05, 0) is 19.1 Å². The maximum atomic E-state index is 13.5. The van der Waals surface area contributed by atoms with E-state index in [1.807, 2.05) is 6.92 Å². The zero-order valence-electron chi connectivity index (χ0n) is 10.4. The Morgan fingerprint density at radius 1 is 1.47 bits per heavy atom. The lowest BCUT2D eigenvalue weighted by atomic mass is 10.1. The van der Waals surface area contributed by atoms with E-state index in [1.165, 1.54) is 6.07 Å². The minimum absolute atomic E-state index is 0.166. The highest BCUT2D eigenvalue weighted by Gasteiger charge is 2.18. The minimum Gasteiger partial charge on any atom is -0.455 e. The van der Waals surface area contributed by atoms with Crippen LogP contribution in [0.3, 0.4) is 0 Å². The lowest BCUT2D eigenvalue weighted by molar-refractivity contribution is 0.191. The summed E-state index contributed by atoms with van der Waals surface area (Å²) >= 11 is 0. The molecule has 0 radical (unpaired) electrons. The smallest absolute Gasteiger partial charge is 0.170 e. The molecule has 0 aliphatic carbocycles. The Labute approximate surface area is 109 Å². The second-order valence-electron chi connectivity index (χ2n) is 4.34. The third-order valence-corrected chi connectivity index (χ3v) is 3.08. The van der Waals surface area contributed by atoms with Crippen molar-refractivity contribution < 1.29 is 13.9 Å². The molecule has 1 N–H and O–H groups in total. The van der Waals surface area contributed by atoms with Crippen LogP contribution in [0.25, 0.3) is 11.0 Å². The topological polar surface area (TPSA) is 51.2 Å². The fourth-order valence-corrected chi connectivity index (χ4v) is 2.04. The summed E-state index contributed by atoms with van der Waals surface area (Å²) in [4.78, 5) is 0. The molecule has 19 heavy (non-hydrogen) atoms. The van der Waals surface area contributed by atoms with E-state index in [4.69, 9.17) is 4.42 Å². The normalized spacial score (nSPS) is 13.0. The van der Waals surface area contributed by atoms with E-state index in [-0.39, 0.29) is 5.58 Å². The molecule has 0 amide bonds. The van der Waals surface area contributed by atoms with Crippen molar-refractivity contribution in [1.82, 2.24) is 9.78 Å². The molecule has 0 saturated carbocycles. The van der Waals surface area contributed by atoms with E-state index in [0.29, 0.717) is 16.7 Å². The van der Waals surface area contributed by atoms with Crippen LogP contribution in [0.15, 0.2) is 41.1 Å². The summed E-state index contributed by atoms with van der Waals surface area (Å²) in [6, 6.07) is 6.33. The van der Waals surface area contributed by atoms with Gasteiger partial charge in [0.15, 0.2) is 11.4 Å². The number of benzene rings is 1. The van der Waals surface area contributed by atoms with Crippen molar-refractivity contribution in [1.29, 1.82) is 0 Å². The summed E-state index contributed by atoms with van der Waals surface area (Å²) < 4.78 is 20.6. The number of hydrogen-bond acceptors (Lipinski definition) is 3. The lowest BCUT2D eigenvalue weighted by Gasteiger charge is -2.03. The van der Waals surface area contributed by atoms with E-state index in [9.17, 15) is 9.50 Å². The van der Waals surface area contributed by atoms with Crippen LogP contribution in [0.5, 0.6) is 0 Å². The van der Waals surface area contributed by atoms with Gasteiger partial charge in [-0.3, -0.25) is 4.68 Å². The van der Waals surface area contributed by atoms with Gasteiger partial charge in [0.05, 0.1) is 6.20 Å². The molecule has 1 atom stereocenters. The van der Waals surface area contributed by atoms with Crippen LogP contribution in [0, 0.1) is 5.82 Å². The van der Waals surface area contributed by atoms with Crippen molar-refractivity contribution in [2.45, 2.75) is 19.6 Å². The Balaban J connectivity index is 2.01. The molecule has 0 aliphatic rings. The molecule has 5 heteroatoms. The number of halogens is 1. The number of aromatic nitrogens is 2. The molecular weight excluding hydrogens is 247 g/mol. The van der Waals surface area contributed by atoms with Gasteiger partial charge in [0, 0.05) is 23.7 Å². The average molecular weight is 260 g/mol. The number of aliphatic hydroxyl groups is 1. The molecule has 0 fully saturated rings. The monoisotopic (exact) mass is 260 g/mol. The van der Waals surface area contributed by atoms with Gasteiger partial charge in [-0.1, -0.05) is 12.1 Å². The highest BCUT2D eigenvalue weighted by molar-refractivity contribution is 5.78. The summed E-state index contributed by atoms with van der Waals surface area (Å²) in [6.45, 7) is 2.68. The number of aryl methyl sites for hydroxylation is 1. The highest BCUT2D eigenvalue weighted by atomic mass is 19.1. The standard InChI is InChI=1S/C14H13FN2O2/c1-2-17-8-10(7-16-17)13(18)12-6-9-4-3-5-11(15)14(9)19-12/h3-8,13,18H,2H2,1H3. The molecule has 1 unspecified atom stereocenters. The van der Waals surface area contributed by atoms with Gasteiger partial charge in [-0.15, -0.1) is 0 Å². The highest BCUT2D eigenvalue weighted by Crippen LogP contribution is 2.29. The maximum Gasteiger partial charge on any atom is 0.170 e. The third-order valence-electron chi connectivity index (χ3n) is 3.08. The average Bonchev–Trinajstić information content (AvgIpc) is 3.05. The molecule has 3 rings (SSSR count). The predicted octanol–water partition coefficient (Wildman–Crippen LogP) is 2.87. The molecule has 1 aromatic carbocycles. The summed E-state index contributed by atoms with van der Waals surface area (Å²) in [5.74, 6) is -0.115. The Morgan fingerprint density at radius 3 is 3.00 bits per heavy atom. The van der Waals surface area contributed by atoms with Crippen LogP contribution >= 0.6 is 0 Å². The summed E-state index contributed by atoms with van der Waals surface area (Å²) in [6.07, 6.45) is 2.39. The van der Waals surface area contributed by atoms with Crippen molar-refractivity contribution in [3.63, 3.8) is 0 Å². The van der Waals surface area contributed by atoms with Crippen LogP contribution in [0.1, 0.15) is 24.4 Å². The largest absolute Gasteiger partial charge is 0.455 e. The molecular formula is C14H13FN2O2. The molecule has 2 aromatic heterocycles. The molecule has 3 aromatic rings. The van der Waals surface area contributed by atoms with Gasteiger partial charge in [0.1, 0.15) is 11.9 Å². The van der Waals surface area contributed by atoms with Gasteiger partial charge >= 0.3 is 0 Å². The molecule has 0 bridgehead atoms. The quantitative estimate of drug-likeness (QED) is 0.787. The first-order chi connectivity index (χ1) is 9.19. The number of hydrogen-bond donors (Lipinski definition) is 1. The van der Waals surface area contributed by atoms with E-state index < -0.39 is 11.9 Å². The van der Waals surface area contributed by atoms with Gasteiger partial charge in [-0.25, -0.2) is 4.39 Å². The van der Waals surface area contributed by atoms with Crippen LogP contribution < -0.4 is 0 Å². The number of furan rings is 1. The van der Waals surface area contributed by atoms with E-state index >= 15 is 0 Å². The van der Waals surface area contributed by atoms with Crippen LogP contribution in [0.2, 0.25) is 0 Å². The third kappa shape index (κ3) is 2.02. The molecule has 0 spiro atoms. The Morgan fingerprint density at radius 2 is 2.32 bits per heavy atom. The zero-order chi connectivity index (χ0) is 13.4. The Kier molecular flexibility index (Phi) is 2.83. The van der Waals surface area contributed by atoms with Crippen molar-refractivity contribution in [3.05, 3.63) is 53.8 Å². The first-order valence-electron chi connectivity index (χ1n) is 6.07. The van der Waals surface area contributed by atoms with Crippen molar-refractivity contribution in [3.8, 4) is 0 Å². The first kappa shape index (κ1) is 11.9. The minimum atomic E-state index is -0.938. The van der Waals surface area contributed by atoms with Gasteiger partial charge < -0.3 is 9.52 Å². The van der Waals surface area contributed by atoms with Crippen LogP contribution in [0.4, 0.5) is 4.39 Å². The van der Waals surface area contributed by atoms with Crippen molar-refractivity contribution in [2.75, 3.05) is 0 Å². The number of rotatable bonds is 3. The van der Waals surface area contributed by atoms with Crippen LogP contribution in [-0.4, -0.2) is 14.9 Å². The molecule has 2 heterocycles. The molecule has 98 valence electrons. The second kappa shape index (κ2) is 4.51. The molecule has 4 nitrogen and oxygen atoms in total. The number of fused-ring (bicyclic) bond motifs is 1. The van der Waals surface area contributed by atoms with E-state index in [0.717, 1.165) is 6.54 Å². The first-order valence-corrected chi connectivity index (χ1v) is 6.07. The fourth-order valence-electron chi connectivity index (χ4n) is 2.04. The molecule has 0 aliphatic heterocycles. The Hall–Kier alpha value is -2.14. The fraction of sp³-hybridized carbons (Fsp3) is 0.214. The summed E-state index contributed by atoms with van der Waals surface area (Å²) in [5.41, 5.74) is 0.792. The van der Waals surface area contributed by atoms with Crippen molar-refractivity contribution in [2.24, 2.45) is 0 Å². The van der Waals surface area contributed by atoms with E-state index in [2.05, 4.69) is 5.10 Å². The number of para-hydroxylation sites is 1. The zero-order valence-corrected chi connectivity index (χ0v) is 10.4. The van der Waals surface area contributed by atoms with Gasteiger partial charge in [-0.2, -0.15) is 5.10 Å². The van der Waals surface area contributed by atoms with Crippen LogP contribution in [-0.2, 0) is 6.54 Å². The van der Waals surface area contributed by atoms with Gasteiger partial charge in [0.2, 0.25) is 0 Å². The van der Waals surface area contributed by atoms with E-state index in [1.54, 1.807) is 35.3 Å². The summed E-state index contributed by atoms with van der Waals surface area (Å²) in [5, 5.41) is 15.0. The molecule has 0 saturated heterocycles. The Bertz CT molecular complexity index is 717. The summed E-state index contributed by atoms with van der Waals surface area (Å²) in [7, 11) is 0. The van der Waals surface area contributed by atoms with Crippen molar-refractivity contribution >= 4 is 11.0 Å².